The molecule has 0 unspecified atom stereocenters. The van der Waals surface area contributed by atoms with E-state index in [1.54, 1.807) is 6.20 Å². The van der Waals surface area contributed by atoms with Crippen molar-refractivity contribution in [3.63, 3.8) is 0 Å². The third-order valence-corrected chi connectivity index (χ3v) is 1.93. The van der Waals surface area contributed by atoms with Crippen LogP contribution in [-0.4, -0.2) is 30.7 Å². The van der Waals surface area contributed by atoms with Gasteiger partial charge in [-0.2, -0.15) is 4.98 Å². The number of hydrogen-bond acceptors (Lipinski definition) is 5. The number of nitrogens with two attached hydrogens (primary N) is 1. The molecule has 0 aliphatic heterocycles. The Balaban J connectivity index is 2.77. The second kappa shape index (κ2) is 5.38. The highest BCUT2D eigenvalue weighted by Crippen LogP contribution is 2.23. The van der Waals surface area contributed by atoms with Crippen LogP contribution in [0.25, 0.3) is 0 Å². The first-order valence-electron chi connectivity index (χ1n) is 5.07. The number of aromatic nitrogens is 2. The molecule has 0 fully saturated rings. The topological polar surface area (TPSA) is 64.3 Å². The molecule has 1 rings (SSSR count). The summed E-state index contributed by atoms with van der Waals surface area (Å²) >= 11 is 0. The first-order chi connectivity index (χ1) is 7.15. The number of ether oxygens (including phenoxy) is 1. The highest BCUT2D eigenvalue weighted by atomic mass is 16.5. The molecule has 0 aliphatic rings. The van der Waals surface area contributed by atoms with Gasteiger partial charge in [0.05, 0.1) is 12.8 Å². The summed E-state index contributed by atoms with van der Waals surface area (Å²) in [5.41, 5.74) is 5.52. The van der Waals surface area contributed by atoms with Crippen LogP contribution in [0.2, 0.25) is 0 Å². The molecule has 0 aromatic carbocycles. The third-order valence-electron chi connectivity index (χ3n) is 1.93. The minimum absolute atomic E-state index is 0.265. The van der Waals surface area contributed by atoms with E-state index in [2.05, 4.69) is 16.9 Å². The molecule has 0 spiro atoms. The molecule has 5 heteroatoms. The van der Waals surface area contributed by atoms with Crippen LogP contribution in [0.3, 0.4) is 0 Å². The van der Waals surface area contributed by atoms with Crippen molar-refractivity contribution in [2.24, 2.45) is 0 Å². The van der Waals surface area contributed by atoms with E-state index >= 15 is 0 Å². The van der Waals surface area contributed by atoms with Gasteiger partial charge in [0.15, 0.2) is 11.6 Å². The molecule has 15 heavy (non-hydrogen) atoms. The summed E-state index contributed by atoms with van der Waals surface area (Å²) in [4.78, 5) is 9.90. The standard InChI is InChI=1S/C10H18N4O/c1-4-5-6-15-8-7-12-10(11)13-9(8)14(2)3/h7H,4-6H2,1-3H3,(H2,11,12,13). The lowest BCUT2D eigenvalue weighted by Gasteiger charge is -2.16. The zero-order chi connectivity index (χ0) is 11.3. The molecule has 1 aromatic rings. The summed E-state index contributed by atoms with van der Waals surface area (Å²) in [5, 5.41) is 0. The third kappa shape index (κ3) is 3.27. The lowest BCUT2D eigenvalue weighted by atomic mass is 10.4. The van der Waals surface area contributed by atoms with Crippen LogP contribution in [0.5, 0.6) is 5.75 Å². The van der Waals surface area contributed by atoms with Gasteiger partial charge in [-0.1, -0.05) is 13.3 Å². The van der Waals surface area contributed by atoms with Gasteiger partial charge in [-0.05, 0) is 6.42 Å². The summed E-state index contributed by atoms with van der Waals surface area (Å²) in [6.07, 6.45) is 3.75. The quantitative estimate of drug-likeness (QED) is 0.742. The van der Waals surface area contributed by atoms with Crippen molar-refractivity contribution in [2.75, 3.05) is 31.3 Å². The molecule has 5 nitrogen and oxygen atoms in total. The molecule has 1 heterocycles. The Kier molecular flexibility index (Phi) is 4.15. The summed E-state index contributed by atoms with van der Waals surface area (Å²) < 4.78 is 5.57. The highest BCUT2D eigenvalue weighted by Gasteiger charge is 2.08. The molecule has 1 aromatic heterocycles. The van der Waals surface area contributed by atoms with E-state index in [4.69, 9.17) is 10.5 Å². The molecule has 0 saturated heterocycles. The Bertz CT molecular complexity index is 314. The van der Waals surface area contributed by atoms with Gasteiger partial charge < -0.3 is 15.4 Å². The highest BCUT2D eigenvalue weighted by molar-refractivity contribution is 5.52. The van der Waals surface area contributed by atoms with Gasteiger partial charge in [0.25, 0.3) is 0 Å². The van der Waals surface area contributed by atoms with Crippen LogP contribution in [0, 0.1) is 0 Å². The van der Waals surface area contributed by atoms with E-state index in [0.29, 0.717) is 12.4 Å². The average molecular weight is 210 g/mol. The molecular formula is C10H18N4O. The molecule has 0 atom stereocenters. The number of hydrogen-bond donors (Lipinski definition) is 1. The van der Waals surface area contributed by atoms with Crippen molar-refractivity contribution >= 4 is 11.8 Å². The van der Waals surface area contributed by atoms with Crippen molar-refractivity contribution in [2.45, 2.75) is 19.8 Å². The second-order valence-electron chi connectivity index (χ2n) is 3.51. The van der Waals surface area contributed by atoms with E-state index in [0.717, 1.165) is 18.7 Å². The minimum Gasteiger partial charge on any atom is -0.488 e. The largest absolute Gasteiger partial charge is 0.488 e. The smallest absolute Gasteiger partial charge is 0.222 e. The zero-order valence-corrected chi connectivity index (χ0v) is 9.53. The Morgan fingerprint density at radius 1 is 1.47 bits per heavy atom. The Labute approximate surface area is 90.3 Å². The van der Waals surface area contributed by atoms with Crippen LogP contribution in [-0.2, 0) is 0 Å². The summed E-state index contributed by atoms with van der Waals surface area (Å²) in [7, 11) is 3.79. The summed E-state index contributed by atoms with van der Waals surface area (Å²) in [6.45, 7) is 2.81. The lowest BCUT2D eigenvalue weighted by Crippen LogP contribution is -2.14. The zero-order valence-electron chi connectivity index (χ0n) is 9.53. The SMILES string of the molecule is CCCCOc1cnc(N)nc1N(C)C. The van der Waals surface area contributed by atoms with Crippen molar-refractivity contribution in [3.8, 4) is 5.75 Å². The van der Waals surface area contributed by atoms with Gasteiger partial charge in [0.1, 0.15) is 0 Å². The van der Waals surface area contributed by atoms with E-state index in [-0.39, 0.29) is 5.95 Å². The Morgan fingerprint density at radius 2 is 2.20 bits per heavy atom. The molecule has 0 amide bonds. The number of anilines is 2. The summed E-state index contributed by atoms with van der Waals surface area (Å²) in [6, 6.07) is 0. The van der Waals surface area contributed by atoms with Gasteiger partial charge in [0, 0.05) is 14.1 Å². The van der Waals surface area contributed by atoms with Gasteiger partial charge >= 0.3 is 0 Å². The molecule has 0 radical (unpaired) electrons. The van der Waals surface area contributed by atoms with Crippen molar-refractivity contribution in [1.29, 1.82) is 0 Å². The number of unbranched alkanes of at least 4 members (excludes halogenated alkanes) is 1. The van der Waals surface area contributed by atoms with E-state index in [1.165, 1.54) is 0 Å². The number of nitrogens with zero attached hydrogens (tertiary/aromatic N) is 3. The van der Waals surface area contributed by atoms with Crippen LogP contribution in [0.15, 0.2) is 6.20 Å². The van der Waals surface area contributed by atoms with E-state index in [9.17, 15) is 0 Å². The van der Waals surface area contributed by atoms with Crippen molar-refractivity contribution < 1.29 is 4.74 Å². The first kappa shape index (κ1) is 11.6. The molecular weight excluding hydrogens is 192 g/mol. The predicted molar refractivity (Wildman–Crippen MR) is 61.2 cm³/mol. The Morgan fingerprint density at radius 3 is 2.80 bits per heavy atom. The molecule has 0 aliphatic carbocycles. The maximum absolute atomic E-state index is 5.57. The number of rotatable bonds is 5. The maximum Gasteiger partial charge on any atom is 0.222 e. The normalized spacial score (nSPS) is 10.1. The van der Waals surface area contributed by atoms with E-state index in [1.807, 2.05) is 19.0 Å². The van der Waals surface area contributed by atoms with Gasteiger partial charge in [-0.3, -0.25) is 0 Å². The fourth-order valence-electron chi connectivity index (χ4n) is 1.12. The fourth-order valence-corrected chi connectivity index (χ4v) is 1.12. The Hall–Kier alpha value is -1.52. The first-order valence-corrected chi connectivity index (χ1v) is 5.07. The van der Waals surface area contributed by atoms with Crippen molar-refractivity contribution in [1.82, 2.24) is 9.97 Å². The second-order valence-corrected chi connectivity index (χ2v) is 3.51. The average Bonchev–Trinajstić information content (AvgIpc) is 2.20. The van der Waals surface area contributed by atoms with Crippen LogP contribution in [0.4, 0.5) is 11.8 Å². The predicted octanol–water partition coefficient (Wildman–Crippen LogP) is 1.30. The van der Waals surface area contributed by atoms with Crippen molar-refractivity contribution in [3.05, 3.63) is 6.20 Å². The van der Waals surface area contributed by atoms with Crippen LogP contribution >= 0.6 is 0 Å². The monoisotopic (exact) mass is 210 g/mol. The maximum atomic E-state index is 5.57. The fraction of sp³-hybridized carbons (Fsp3) is 0.600. The molecule has 0 saturated carbocycles. The van der Waals surface area contributed by atoms with Gasteiger partial charge in [-0.25, -0.2) is 4.98 Å². The molecule has 2 N–H and O–H groups in total. The minimum atomic E-state index is 0.265. The van der Waals surface area contributed by atoms with E-state index < -0.39 is 0 Å². The number of nitrogen functional groups attached to an aromatic ring is 1. The van der Waals surface area contributed by atoms with Gasteiger partial charge in [-0.15, -0.1) is 0 Å². The van der Waals surface area contributed by atoms with Gasteiger partial charge in [0.2, 0.25) is 5.95 Å². The molecule has 84 valence electrons. The van der Waals surface area contributed by atoms with Crippen LogP contribution < -0.4 is 15.4 Å². The molecule has 0 bridgehead atoms. The lowest BCUT2D eigenvalue weighted by molar-refractivity contribution is 0.308. The van der Waals surface area contributed by atoms with Crippen LogP contribution in [0.1, 0.15) is 19.8 Å². The summed E-state index contributed by atoms with van der Waals surface area (Å²) in [5.74, 6) is 1.67.